The topological polar surface area (TPSA) is 57.8 Å². The van der Waals surface area contributed by atoms with E-state index in [-0.39, 0.29) is 0 Å². The van der Waals surface area contributed by atoms with Crippen LogP contribution in [0, 0.1) is 6.92 Å². The fraction of sp³-hybridized carbons (Fsp3) is 0.700. The number of nitrogens with zero attached hydrogens (tertiary/aromatic N) is 1. The molecule has 0 aliphatic carbocycles. The summed E-state index contributed by atoms with van der Waals surface area (Å²) in [7, 11) is -0.680. The SMILES string of the molecule is Cc1[nH]ncc1C(C)NCCCS(C)=O. The van der Waals surface area contributed by atoms with Crippen molar-refractivity contribution in [2.75, 3.05) is 18.6 Å². The van der Waals surface area contributed by atoms with Gasteiger partial charge >= 0.3 is 0 Å². The second-order valence-corrected chi connectivity index (χ2v) is 5.31. The molecule has 2 atom stereocenters. The van der Waals surface area contributed by atoms with Gasteiger partial charge in [0.2, 0.25) is 0 Å². The molecule has 4 nitrogen and oxygen atoms in total. The van der Waals surface area contributed by atoms with Crippen molar-refractivity contribution in [1.82, 2.24) is 15.5 Å². The van der Waals surface area contributed by atoms with Crippen molar-refractivity contribution in [3.63, 3.8) is 0 Å². The van der Waals surface area contributed by atoms with Gasteiger partial charge in [0.25, 0.3) is 0 Å². The largest absolute Gasteiger partial charge is 0.310 e. The van der Waals surface area contributed by atoms with Crippen LogP contribution in [0.2, 0.25) is 0 Å². The van der Waals surface area contributed by atoms with Crippen LogP contribution >= 0.6 is 0 Å². The number of aromatic nitrogens is 2. The molecule has 0 bridgehead atoms. The first-order valence-electron chi connectivity index (χ1n) is 5.14. The minimum absolute atomic E-state index is 0.300. The molecule has 5 heteroatoms. The highest BCUT2D eigenvalue weighted by Crippen LogP contribution is 2.13. The van der Waals surface area contributed by atoms with Crippen molar-refractivity contribution < 1.29 is 4.21 Å². The lowest BCUT2D eigenvalue weighted by molar-refractivity contribution is 0.568. The van der Waals surface area contributed by atoms with E-state index in [1.54, 1.807) is 6.26 Å². The van der Waals surface area contributed by atoms with Crippen molar-refractivity contribution in [1.29, 1.82) is 0 Å². The second kappa shape index (κ2) is 6.02. The van der Waals surface area contributed by atoms with Crippen LogP contribution in [0.25, 0.3) is 0 Å². The summed E-state index contributed by atoms with van der Waals surface area (Å²) in [6, 6.07) is 0.300. The third-order valence-corrected chi connectivity index (χ3v) is 3.26. The van der Waals surface area contributed by atoms with Crippen LogP contribution in [-0.4, -0.2) is 33.0 Å². The van der Waals surface area contributed by atoms with Gasteiger partial charge in [0.05, 0.1) is 6.20 Å². The van der Waals surface area contributed by atoms with Crippen LogP contribution in [0.15, 0.2) is 6.20 Å². The van der Waals surface area contributed by atoms with Crippen molar-refractivity contribution in [2.24, 2.45) is 0 Å². The molecule has 0 aliphatic heterocycles. The van der Waals surface area contributed by atoms with E-state index in [1.165, 1.54) is 5.56 Å². The lowest BCUT2D eigenvalue weighted by Crippen LogP contribution is -2.21. The van der Waals surface area contributed by atoms with Crippen molar-refractivity contribution in [2.45, 2.75) is 26.3 Å². The summed E-state index contributed by atoms with van der Waals surface area (Å²) in [5, 5.41) is 10.3. The first-order chi connectivity index (χ1) is 7.11. The first-order valence-corrected chi connectivity index (χ1v) is 6.87. The summed E-state index contributed by atoms with van der Waals surface area (Å²) in [5.74, 6) is 0.768. The molecule has 0 fully saturated rings. The molecule has 0 amide bonds. The van der Waals surface area contributed by atoms with E-state index in [4.69, 9.17) is 0 Å². The quantitative estimate of drug-likeness (QED) is 0.719. The van der Waals surface area contributed by atoms with Crippen LogP contribution in [0.5, 0.6) is 0 Å². The zero-order chi connectivity index (χ0) is 11.3. The molecule has 15 heavy (non-hydrogen) atoms. The summed E-state index contributed by atoms with van der Waals surface area (Å²) in [6.07, 6.45) is 4.54. The van der Waals surface area contributed by atoms with Gasteiger partial charge in [-0.25, -0.2) is 0 Å². The Morgan fingerprint density at radius 1 is 1.67 bits per heavy atom. The normalized spacial score (nSPS) is 15.1. The van der Waals surface area contributed by atoms with Gasteiger partial charge in [-0.2, -0.15) is 5.10 Å². The van der Waals surface area contributed by atoms with Crippen LogP contribution in [0.3, 0.4) is 0 Å². The van der Waals surface area contributed by atoms with Gasteiger partial charge in [0, 0.05) is 40.1 Å². The molecule has 1 heterocycles. The number of hydrogen-bond donors (Lipinski definition) is 2. The van der Waals surface area contributed by atoms with Gasteiger partial charge < -0.3 is 5.32 Å². The predicted molar refractivity (Wildman–Crippen MR) is 63.3 cm³/mol. The number of rotatable bonds is 6. The predicted octanol–water partition coefficient (Wildman–Crippen LogP) is 1.14. The van der Waals surface area contributed by atoms with Gasteiger partial charge in [-0.15, -0.1) is 0 Å². The van der Waals surface area contributed by atoms with Crippen LogP contribution < -0.4 is 5.32 Å². The molecule has 0 radical (unpaired) electrons. The van der Waals surface area contributed by atoms with Gasteiger partial charge in [0.15, 0.2) is 0 Å². The summed E-state index contributed by atoms with van der Waals surface area (Å²) < 4.78 is 10.8. The van der Waals surface area contributed by atoms with Crippen LogP contribution in [0.1, 0.15) is 30.6 Å². The van der Waals surface area contributed by atoms with Gasteiger partial charge in [-0.3, -0.25) is 9.31 Å². The number of aryl methyl sites for hydroxylation is 1. The highest BCUT2D eigenvalue weighted by atomic mass is 32.2. The Balaban J connectivity index is 2.28. The Morgan fingerprint density at radius 2 is 2.40 bits per heavy atom. The van der Waals surface area contributed by atoms with E-state index in [1.807, 2.05) is 13.1 Å². The molecule has 0 aliphatic rings. The summed E-state index contributed by atoms with van der Waals surface area (Å²) in [4.78, 5) is 0. The zero-order valence-corrected chi connectivity index (χ0v) is 10.4. The number of nitrogens with one attached hydrogen (secondary N) is 2. The van der Waals surface area contributed by atoms with E-state index in [2.05, 4.69) is 22.4 Å². The van der Waals surface area contributed by atoms with Crippen molar-refractivity contribution in [3.8, 4) is 0 Å². The summed E-state index contributed by atoms with van der Waals surface area (Å²) in [6.45, 7) is 5.02. The lowest BCUT2D eigenvalue weighted by atomic mass is 10.1. The van der Waals surface area contributed by atoms with Gasteiger partial charge in [-0.1, -0.05) is 0 Å². The zero-order valence-electron chi connectivity index (χ0n) is 9.54. The Bertz CT molecular complexity index is 324. The van der Waals surface area contributed by atoms with Crippen LogP contribution in [-0.2, 0) is 10.8 Å². The fourth-order valence-electron chi connectivity index (χ4n) is 1.50. The average molecular weight is 229 g/mol. The van der Waals surface area contributed by atoms with E-state index in [0.29, 0.717) is 6.04 Å². The molecular weight excluding hydrogens is 210 g/mol. The highest BCUT2D eigenvalue weighted by Gasteiger charge is 2.08. The number of hydrogen-bond acceptors (Lipinski definition) is 3. The maximum atomic E-state index is 10.8. The van der Waals surface area contributed by atoms with E-state index in [9.17, 15) is 4.21 Å². The molecule has 1 aromatic heterocycles. The van der Waals surface area contributed by atoms with E-state index >= 15 is 0 Å². The molecule has 0 saturated carbocycles. The standard InChI is InChI=1S/C10H19N3OS/c1-8(10-7-12-13-9(10)2)11-5-4-6-15(3)14/h7-8,11H,4-6H2,1-3H3,(H,12,13). The number of H-pyrrole nitrogens is 1. The Morgan fingerprint density at radius 3 is 2.93 bits per heavy atom. The molecule has 0 saturated heterocycles. The Hall–Kier alpha value is -0.680. The molecule has 1 aromatic rings. The minimum atomic E-state index is -0.680. The average Bonchev–Trinajstić information content (AvgIpc) is 2.58. The number of aromatic amines is 1. The maximum absolute atomic E-state index is 10.8. The highest BCUT2D eigenvalue weighted by molar-refractivity contribution is 7.84. The van der Waals surface area contributed by atoms with Crippen LogP contribution in [0.4, 0.5) is 0 Å². The molecule has 86 valence electrons. The fourth-order valence-corrected chi connectivity index (χ4v) is 2.05. The molecule has 2 N–H and O–H groups in total. The lowest BCUT2D eigenvalue weighted by Gasteiger charge is -2.12. The molecular formula is C10H19N3OS. The van der Waals surface area contributed by atoms with Crippen molar-refractivity contribution >= 4 is 10.8 Å². The molecule has 0 aromatic carbocycles. The van der Waals surface area contributed by atoms with E-state index in [0.717, 1.165) is 24.4 Å². The van der Waals surface area contributed by atoms with Gasteiger partial charge in [-0.05, 0) is 26.8 Å². The molecule has 2 unspecified atom stereocenters. The molecule has 0 spiro atoms. The second-order valence-electron chi connectivity index (χ2n) is 3.76. The molecule has 1 rings (SSSR count). The summed E-state index contributed by atoms with van der Waals surface area (Å²) in [5.41, 5.74) is 2.31. The van der Waals surface area contributed by atoms with Gasteiger partial charge in [0.1, 0.15) is 0 Å². The third kappa shape index (κ3) is 4.13. The Labute approximate surface area is 93.3 Å². The smallest absolute Gasteiger partial charge is 0.0537 e. The first kappa shape index (κ1) is 12.4. The summed E-state index contributed by atoms with van der Waals surface area (Å²) >= 11 is 0. The monoisotopic (exact) mass is 229 g/mol. The minimum Gasteiger partial charge on any atom is -0.310 e. The maximum Gasteiger partial charge on any atom is 0.0537 e. The van der Waals surface area contributed by atoms with E-state index < -0.39 is 10.8 Å². The van der Waals surface area contributed by atoms with Crippen molar-refractivity contribution in [3.05, 3.63) is 17.5 Å². The third-order valence-electron chi connectivity index (χ3n) is 2.39. The Kier molecular flexibility index (Phi) is 4.98.